The van der Waals surface area contributed by atoms with Gasteiger partial charge in [-0.3, -0.25) is 9.97 Å². The topological polar surface area (TPSA) is 72.8 Å². The van der Waals surface area contributed by atoms with E-state index in [4.69, 9.17) is 16.3 Å². The average molecular weight is 360 g/mol. The van der Waals surface area contributed by atoms with E-state index < -0.39 is 5.82 Å². The molecule has 2 aromatic heterocycles. The zero-order valence-electron chi connectivity index (χ0n) is 13.4. The van der Waals surface area contributed by atoms with Crippen LogP contribution in [0.5, 0.6) is 6.01 Å². The van der Waals surface area contributed by atoms with Gasteiger partial charge in [0.15, 0.2) is 11.6 Å². The van der Waals surface area contributed by atoms with E-state index in [1.165, 1.54) is 0 Å². The standard InChI is InChI=1S/C17H15ClFN5O/c1-11-6-21-14(7-20-11)8-22-16-15(19)9-23-17(24-16)25-10-12-2-4-13(18)5-3-12/h2-7,9H,8,10H2,1H3,(H,22,23,24). The molecule has 0 aliphatic rings. The predicted octanol–water partition coefficient (Wildman–Crippen LogP) is 3.56. The molecule has 3 aromatic rings. The van der Waals surface area contributed by atoms with Crippen molar-refractivity contribution in [1.82, 2.24) is 19.9 Å². The lowest BCUT2D eigenvalue weighted by Gasteiger charge is -2.09. The molecular weight excluding hydrogens is 345 g/mol. The largest absolute Gasteiger partial charge is 0.459 e. The van der Waals surface area contributed by atoms with Crippen LogP contribution in [-0.2, 0) is 13.2 Å². The lowest BCUT2D eigenvalue weighted by atomic mass is 10.2. The smallest absolute Gasteiger partial charge is 0.318 e. The Morgan fingerprint density at radius 2 is 1.88 bits per heavy atom. The van der Waals surface area contributed by atoms with Gasteiger partial charge in [0, 0.05) is 11.2 Å². The third-order valence-electron chi connectivity index (χ3n) is 3.27. The van der Waals surface area contributed by atoms with Gasteiger partial charge in [-0.05, 0) is 24.6 Å². The second-order valence-corrected chi connectivity index (χ2v) is 5.70. The van der Waals surface area contributed by atoms with Crippen LogP contribution in [0, 0.1) is 12.7 Å². The maximum Gasteiger partial charge on any atom is 0.318 e. The summed E-state index contributed by atoms with van der Waals surface area (Å²) < 4.78 is 19.3. The molecule has 0 aliphatic heterocycles. The first-order chi connectivity index (χ1) is 12.1. The van der Waals surface area contributed by atoms with E-state index in [1.54, 1.807) is 24.5 Å². The molecule has 0 amide bonds. The highest BCUT2D eigenvalue weighted by Crippen LogP contribution is 2.16. The van der Waals surface area contributed by atoms with Crippen LogP contribution < -0.4 is 10.1 Å². The zero-order chi connectivity index (χ0) is 17.6. The molecule has 8 heteroatoms. The van der Waals surface area contributed by atoms with Gasteiger partial charge in [0.2, 0.25) is 0 Å². The molecule has 0 bridgehead atoms. The van der Waals surface area contributed by atoms with Gasteiger partial charge in [-0.25, -0.2) is 9.37 Å². The van der Waals surface area contributed by atoms with Crippen molar-refractivity contribution in [2.45, 2.75) is 20.1 Å². The fourth-order valence-corrected chi connectivity index (χ4v) is 2.08. The van der Waals surface area contributed by atoms with Crippen LogP contribution in [0.15, 0.2) is 42.9 Å². The number of hydrogen-bond acceptors (Lipinski definition) is 6. The second-order valence-electron chi connectivity index (χ2n) is 5.27. The van der Waals surface area contributed by atoms with Gasteiger partial charge in [0.05, 0.1) is 30.3 Å². The van der Waals surface area contributed by atoms with E-state index in [9.17, 15) is 4.39 Å². The average Bonchev–Trinajstić information content (AvgIpc) is 2.62. The van der Waals surface area contributed by atoms with Gasteiger partial charge >= 0.3 is 6.01 Å². The molecule has 0 saturated heterocycles. The van der Waals surface area contributed by atoms with Crippen molar-refractivity contribution in [3.63, 3.8) is 0 Å². The van der Waals surface area contributed by atoms with Gasteiger partial charge in [0.25, 0.3) is 0 Å². The van der Waals surface area contributed by atoms with Gasteiger partial charge in [-0.2, -0.15) is 4.98 Å². The van der Waals surface area contributed by atoms with Crippen LogP contribution in [0.25, 0.3) is 0 Å². The number of aromatic nitrogens is 4. The van der Waals surface area contributed by atoms with Crippen molar-refractivity contribution in [3.8, 4) is 6.01 Å². The first kappa shape index (κ1) is 17.0. The number of anilines is 1. The van der Waals surface area contributed by atoms with E-state index in [2.05, 4.69) is 25.3 Å². The number of aryl methyl sites for hydroxylation is 1. The Kier molecular flexibility index (Phi) is 5.35. The van der Waals surface area contributed by atoms with E-state index >= 15 is 0 Å². The fourth-order valence-electron chi connectivity index (χ4n) is 1.96. The summed E-state index contributed by atoms with van der Waals surface area (Å²) >= 11 is 5.84. The number of nitrogens with one attached hydrogen (secondary N) is 1. The third-order valence-corrected chi connectivity index (χ3v) is 3.53. The van der Waals surface area contributed by atoms with Crippen LogP contribution in [0.4, 0.5) is 10.2 Å². The molecule has 0 unspecified atom stereocenters. The summed E-state index contributed by atoms with van der Waals surface area (Å²) in [6, 6.07) is 7.28. The van der Waals surface area contributed by atoms with Crippen LogP contribution in [0.3, 0.4) is 0 Å². The maximum atomic E-state index is 13.9. The Bertz CT molecular complexity index is 843. The Morgan fingerprint density at radius 1 is 1.08 bits per heavy atom. The van der Waals surface area contributed by atoms with E-state index in [-0.39, 0.29) is 25.0 Å². The molecule has 0 saturated carbocycles. The van der Waals surface area contributed by atoms with Crippen LogP contribution in [0.2, 0.25) is 5.02 Å². The Morgan fingerprint density at radius 3 is 2.60 bits per heavy atom. The number of hydrogen-bond donors (Lipinski definition) is 1. The predicted molar refractivity (Wildman–Crippen MR) is 91.9 cm³/mol. The molecule has 0 fully saturated rings. The Balaban J connectivity index is 1.63. The molecule has 1 N–H and O–H groups in total. The molecule has 128 valence electrons. The van der Waals surface area contributed by atoms with E-state index in [1.807, 2.05) is 19.1 Å². The highest BCUT2D eigenvalue weighted by Gasteiger charge is 2.08. The summed E-state index contributed by atoms with van der Waals surface area (Å²) in [7, 11) is 0. The van der Waals surface area contributed by atoms with Crippen LogP contribution in [0.1, 0.15) is 17.0 Å². The normalized spacial score (nSPS) is 10.5. The number of benzene rings is 1. The lowest BCUT2D eigenvalue weighted by Crippen LogP contribution is -2.08. The minimum atomic E-state index is -0.570. The van der Waals surface area contributed by atoms with E-state index in [0.717, 1.165) is 17.5 Å². The second kappa shape index (κ2) is 7.85. The van der Waals surface area contributed by atoms with Gasteiger partial charge in [0.1, 0.15) is 6.61 Å². The minimum Gasteiger partial charge on any atom is -0.459 e. The minimum absolute atomic E-state index is 0.0449. The molecule has 6 nitrogen and oxygen atoms in total. The van der Waals surface area contributed by atoms with Crippen LogP contribution in [-0.4, -0.2) is 19.9 Å². The molecule has 3 rings (SSSR count). The van der Waals surface area contributed by atoms with Crippen molar-refractivity contribution in [3.05, 3.63) is 70.6 Å². The van der Waals surface area contributed by atoms with Crippen LogP contribution >= 0.6 is 11.6 Å². The fraction of sp³-hybridized carbons (Fsp3) is 0.176. The monoisotopic (exact) mass is 359 g/mol. The lowest BCUT2D eigenvalue weighted by molar-refractivity contribution is 0.280. The number of halogens is 2. The summed E-state index contributed by atoms with van der Waals surface area (Å²) in [5, 5.41) is 3.51. The summed E-state index contributed by atoms with van der Waals surface area (Å²) in [6.07, 6.45) is 4.33. The first-order valence-electron chi connectivity index (χ1n) is 7.51. The van der Waals surface area contributed by atoms with Crippen molar-refractivity contribution >= 4 is 17.4 Å². The summed E-state index contributed by atoms with van der Waals surface area (Å²) in [6.45, 7) is 2.39. The Labute approximate surface area is 149 Å². The van der Waals surface area contributed by atoms with Crippen molar-refractivity contribution < 1.29 is 9.13 Å². The zero-order valence-corrected chi connectivity index (χ0v) is 14.2. The number of ether oxygens (including phenoxy) is 1. The highest BCUT2D eigenvalue weighted by atomic mass is 35.5. The van der Waals surface area contributed by atoms with Gasteiger partial charge in [-0.1, -0.05) is 23.7 Å². The molecule has 1 aromatic carbocycles. The first-order valence-corrected chi connectivity index (χ1v) is 7.89. The summed E-state index contributed by atoms with van der Waals surface area (Å²) in [5.74, 6) is -0.526. The van der Waals surface area contributed by atoms with Gasteiger partial charge < -0.3 is 10.1 Å². The molecule has 25 heavy (non-hydrogen) atoms. The molecule has 2 heterocycles. The molecular formula is C17H15ClFN5O. The SMILES string of the molecule is Cc1cnc(CNc2nc(OCc3ccc(Cl)cc3)ncc2F)cn1. The molecule has 0 spiro atoms. The maximum absolute atomic E-state index is 13.9. The quantitative estimate of drug-likeness (QED) is 0.725. The van der Waals surface area contributed by atoms with Crippen molar-refractivity contribution in [2.24, 2.45) is 0 Å². The van der Waals surface area contributed by atoms with Gasteiger partial charge in [-0.15, -0.1) is 0 Å². The molecule has 0 atom stereocenters. The molecule has 0 aliphatic carbocycles. The third kappa shape index (κ3) is 4.84. The van der Waals surface area contributed by atoms with E-state index in [0.29, 0.717) is 10.7 Å². The summed E-state index contributed by atoms with van der Waals surface area (Å²) in [5.41, 5.74) is 2.39. The van der Waals surface area contributed by atoms with Crippen molar-refractivity contribution in [1.29, 1.82) is 0 Å². The van der Waals surface area contributed by atoms with Crippen molar-refractivity contribution in [2.75, 3.05) is 5.32 Å². The highest BCUT2D eigenvalue weighted by molar-refractivity contribution is 6.30. The number of nitrogens with zero attached hydrogens (tertiary/aromatic N) is 4. The summed E-state index contributed by atoms with van der Waals surface area (Å²) in [4.78, 5) is 16.2. The molecule has 0 radical (unpaired) electrons. The Hall–Kier alpha value is -2.80. The number of rotatable bonds is 6.